The Labute approximate surface area is 79.0 Å². The minimum absolute atomic E-state index is 0. The zero-order chi connectivity index (χ0) is 6.85. The van der Waals surface area contributed by atoms with Gasteiger partial charge in [0.05, 0.1) is 0 Å². The largest absolute Gasteiger partial charge is 0.505 e. The maximum Gasteiger partial charge on any atom is 0.167 e. The molecule has 0 fully saturated rings. The maximum absolute atomic E-state index is 12.1. The first-order chi connectivity index (χ1) is 4.20. The van der Waals surface area contributed by atoms with Crippen LogP contribution >= 0.6 is 0 Å². The number of aromatic hydroxyl groups is 1. The molecule has 1 aromatic rings. The van der Waals surface area contributed by atoms with Gasteiger partial charge in [0.1, 0.15) is 5.82 Å². The number of hydrogen-bond acceptors (Lipinski definition) is 1. The van der Waals surface area contributed by atoms with Crippen LogP contribution in [0.3, 0.4) is 0 Å². The molecule has 0 bridgehead atoms. The first-order valence-electron chi connectivity index (χ1n) is 2.34. The molecule has 1 nitrogen and oxygen atoms in total. The van der Waals surface area contributed by atoms with E-state index in [0.29, 0.717) is 6.07 Å². The molecule has 0 saturated carbocycles. The summed E-state index contributed by atoms with van der Waals surface area (Å²) in [6.45, 7) is 0. The van der Waals surface area contributed by atoms with E-state index in [1.165, 1.54) is 0 Å². The molecule has 0 aliphatic carbocycles. The average Bonchev–Trinajstić information content (AvgIpc) is 1.80. The fourth-order valence-corrected chi connectivity index (χ4v) is 0.481. The van der Waals surface area contributed by atoms with Gasteiger partial charge in [-0.05, 0) is 12.1 Å². The van der Waals surface area contributed by atoms with Crippen LogP contribution in [0.4, 0.5) is 8.78 Å². The Hall–Kier alpha value is -0.120. The van der Waals surface area contributed by atoms with Crippen molar-refractivity contribution in [3.63, 3.8) is 0 Å². The Morgan fingerprint density at radius 2 is 1.80 bits per heavy atom. The molecule has 0 unspecified atom stereocenters. The third-order valence-corrected chi connectivity index (χ3v) is 0.910. The van der Waals surface area contributed by atoms with E-state index in [1.807, 2.05) is 0 Å². The monoisotopic (exact) mass is 153 g/mol. The van der Waals surface area contributed by atoms with E-state index in [0.717, 1.165) is 12.1 Å². The number of hydrogen-bond donors (Lipinski definition) is 1. The first-order valence-corrected chi connectivity index (χ1v) is 2.34. The third kappa shape index (κ3) is 2.25. The van der Waals surface area contributed by atoms with E-state index in [-0.39, 0.29) is 29.6 Å². The summed E-state index contributed by atoms with van der Waals surface area (Å²) in [6.07, 6.45) is 0. The average molecular weight is 153 g/mol. The van der Waals surface area contributed by atoms with E-state index in [9.17, 15) is 8.78 Å². The molecule has 49 valence electrons. The van der Waals surface area contributed by atoms with E-state index < -0.39 is 17.4 Å². The summed E-state index contributed by atoms with van der Waals surface area (Å²) in [5, 5.41) is 8.50. The Balaban J connectivity index is 0.000000810. The van der Waals surface area contributed by atoms with Gasteiger partial charge in [-0.3, -0.25) is 0 Å². The van der Waals surface area contributed by atoms with Crippen LogP contribution in [0.15, 0.2) is 18.2 Å². The predicted molar refractivity (Wildman–Crippen MR) is 33.8 cm³/mol. The topological polar surface area (TPSA) is 20.2 Å². The molecule has 0 heterocycles. The van der Waals surface area contributed by atoms with Crippen molar-refractivity contribution in [2.24, 2.45) is 0 Å². The van der Waals surface area contributed by atoms with E-state index in [2.05, 4.69) is 0 Å². The van der Waals surface area contributed by atoms with Crippen LogP contribution in [0, 0.1) is 11.6 Å². The second kappa shape index (κ2) is 3.91. The second-order valence-electron chi connectivity index (χ2n) is 1.60. The molecule has 1 aromatic carbocycles. The smallest absolute Gasteiger partial charge is 0.167 e. The molecule has 0 atom stereocenters. The zero-order valence-electron chi connectivity index (χ0n) is 5.44. The van der Waals surface area contributed by atoms with Crippen molar-refractivity contribution >= 4 is 29.6 Å². The van der Waals surface area contributed by atoms with Crippen molar-refractivity contribution in [1.29, 1.82) is 0 Å². The number of phenolic OH excluding ortho intramolecular Hbond substituents is 1. The van der Waals surface area contributed by atoms with Gasteiger partial charge in [0, 0.05) is 35.6 Å². The molecule has 1 rings (SSSR count). The zero-order valence-corrected chi connectivity index (χ0v) is 7.44. The van der Waals surface area contributed by atoms with Crippen LogP contribution in [0.2, 0.25) is 0 Å². The van der Waals surface area contributed by atoms with Crippen LogP contribution in [0.5, 0.6) is 5.75 Å². The Morgan fingerprint density at radius 1 is 1.20 bits per heavy atom. The molecule has 4 heteroatoms. The first kappa shape index (κ1) is 9.88. The minimum atomic E-state index is -0.935. The molecule has 1 radical (unpaired) electrons. The molecule has 10 heavy (non-hydrogen) atoms. The molecule has 0 saturated heterocycles. The van der Waals surface area contributed by atoms with Crippen molar-refractivity contribution in [3.05, 3.63) is 29.8 Å². The summed E-state index contributed by atoms with van der Waals surface area (Å²) < 4.78 is 24.1. The summed E-state index contributed by atoms with van der Waals surface area (Å²) in [4.78, 5) is 0. The minimum Gasteiger partial charge on any atom is -0.505 e. The maximum atomic E-state index is 12.1. The van der Waals surface area contributed by atoms with Crippen molar-refractivity contribution in [3.8, 4) is 5.75 Å². The molecule has 0 aliphatic heterocycles. The Kier molecular flexibility index (Phi) is 3.86. The molecule has 0 amide bonds. The number of benzene rings is 1. The van der Waals surface area contributed by atoms with Crippen LogP contribution in [0.1, 0.15) is 0 Å². The number of rotatable bonds is 0. The molecule has 0 spiro atoms. The summed E-state index contributed by atoms with van der Waals surface area (Å²) >= 11 is 0. The normalized spacial score (nSPS) is 8.60. The van der Waals surface area contributed by atoms with Crippen LogP contribution < -0.4 is 0 Å². The van der Waals surface area contributed by atoms with Crippen LogP contribution in [-0.2, 0) is 0 Å². The molecular formula is C6H4F2NaO. The van der Waals surface area contributed by atoms with Gasteiger partial charge in [0.25, 0.3) is 0 Å². The summed E-state index contributed by atoms with van der Waals surface area (Å²) in [5.74, 6) is -2.16. The fraction of sp³-hybridized carbons (Fsp3) is 0. The van der Waals surface area contributed by atoms with Gasteiger partial charge < -0.3 is 5.11 Å². The summed E-state index contributed by atoms with van der Waals surface area (Å²) in [5.41, 5.74) is 0. The van der Waals surface area contributed by atoms with Crippen molar-refractivity contribution in [2.45, 2.75) is 0 Å². The SMILES string of the molecule is Oc1ccc(F)cc1F.[Na]. The van der Waals surface area contributed by atoms with Gasteiger partial charge in [0.2, 0.25) is 0 Å². The van der Waals surface area contributed by atoms with Gasteiger partial charge in [-0.2, -0.15) is 0 Å². The predicted octanol–water partition coefficient (Wildman–Crippen LogP) is 1.29. The van der Waals surface area contributed by atoms with Crippen molar-refractivity contribution in [1.82, 2.24) is 0 Å². The van der Waals surface area contributed by atoms with Gasteiger partial charge >= 0.3 is 0 Å². The number of halogens is 2. The van der Waals surface area contributed by atoms with Crippen LogP contribution in [-0.4, -0.2) is 34.7 Å². The molecule has 0 aromatic heterocycles. The van der Waals surface area contributed by atoms with E-state index in [1.54, 1.807) is 0 Å². The van der Waals surface area contributed by atoms with Gasteiger partial charge in [-0.1, -0.05) is 0 Å². The summed E-state index contributed by atoms with van der Waals surface area (Å²) in [7, 11) is 0. The second-order valence-corrected chi connectivity index (χ2v) is 1.60. The quantitative estimate of drug-likeness (QED) is 0.557. The molecule has 1 N–H and O–H groups in total. The van der Waals surface area contributed by atoms with Gasteiger partial charge in [-0.15, -0.1) is 0 Å². The van der Waals surface area contributed by atoms with E-state index in [4.69, 9.17) is 5.11 Å². The van der Waals surface area contributed by atoms with Crippen molar-refractivity contribution in [2.75, 3.05) is 0 Å². The summed E-state index contributed by atoms with van der Waals surface area (Å²) in [6, 6.07) is 2.57. The standard InChI is InChI=1S/C6H4F2O.Na/c7-4-1-2-6(9)5(8)3-4;/h1-3,9H;. The van der Waals surface area contributed by atoms with Crippen LogP contribution in [0.25, 0.3) is 0 Å². The molecular weight excluding hydrogens is 149 g/mol. The molecule has 0 aliphatic rings. The fourth-order valence-electron chi connectivity index (χ4n) is 0.481. The number of phenols is 1. The Bertz CT molecular complexity index is 227. The Morgan fingerprint density at radius 3 is 2.20 bits per heavy atom. The van der Waals surface area contributed by atoms with Crippen molar-refractivity contribution < 1.29 is 13.9 Å². The van der Waals surface area contributed by atoms with Gasteiger partial charge in [-0.25, -0.2) is 8.78 Å². The van der Waals surface area contributed by atoms with E-state index >= 15 is 0 Å². The van der Waals surface area contributed by atoms with Gasteiger partial charge in [0.15, 0.2) is 11.6 Å². The third-order valence-electron chi connectivity index (χ3n) is 0.910.